The summed E-state index contributed by atoms with van der Waals surface area (Å²) in [5.74, 6) is 1.48. The molecule has 0 spiro atoms. The van der Waals surface area contributed by atoms with Crippen LogP contribution < -0.4 is 14.9 Å². The highest BCUT2D eigenvalue weighted by Crippen LogP contribution is 2.23. The second-order valence-corrected chi connectivity index (χ2v) is 7.57. The van der Waals surface area contributed by atoms with Crippen LogP contribution in [0.3, 0.4) is 0 Å². The summed E-state index contributed by atoms with van der Waals surface area (Å²) >= 11 is 0. The third-order valence-corrected chi connectivity index (χ3v) is 4.78. The highest BCUT2D eigenvalue weighted by Gasteiger charge is 2.07. The van der Waals surface area contributed by atoms with Crippen LogP contribution in [0, 0.1) is 6.92 Å². The van der Waals surface area contributed by atoms with E-state index in [1.165, 1.54) is 5.56 Å². The molecule has 31 heavy (non-hydrogen) atoms. The number of hydrazone groups is 1. The summed E-state index contributed by atoms with van der Waals surface area (Å²) in [6.07, 6.45) is 1.57. The Hall–Kier alpha value is -3.60. The molecule has 0 radical (unpaired) electrons. The van der Waals surface area contributed by atoms with Crippen LogP contribution in [-0.2, 0) is 11.4 Å². The van der Waals surface area contributed by atoms with Gasteiger partial charge in [-0.3, -0.25) is 4.79 Å². The van der Waals surface area contributed by atoms with Crippen molar-refractivity contribution in [2.75, 3.05) is 6.61 Å². The van der Waals surface area contributed by atoms with Crippen molar-refractivity contribution in [2.24, 2.45) is 5.10 Å². The van der Waals surface area contributed by atoms with Crippen LogP contribution in [0.1, 0.15) is 42.0 Å². The van der Waals surface area contributed by atoms with Gasteiger partial charge in [-0.25, -0.2) is 5.43 Å². The fourth-order valence-electron chi connectivity index (χ4n) is 3.19. The van der Waals surface area contributed by atoms with Crippen LogP contribution in [0.15, 0.2) is 77.9 Å². The predicted molar refractivity (Wildman–Crippen MR) is 124 cm³/mol. The van der Waals surface area contributed by atoms with E-state index in [1.54, 1.807) is 6.21 Å². The third-order valence-electron chi connectivity index (χ3n) is 4.78. The summed E-state index contributed by atoms with van der Waals surface area (Å²) in [6, 6.07) is 23.4. The van der Waals surface area contributed by atoms with Crippen molar-refractivity contribution < 1.29 is 14.3 Å². The maximum Gasteiger partial charge on any atom is 0.277 e. The Morgan fingerprint density at radius 3 is 2.48 bits per heavy atom. The van der Waals surface area contributed by atoms with Crippen molar-refractivity contribution in [1.82, 2.24) is 5.43 Å². The van der Waals surface area contributed by atoms with E-state index in [1.807, 2.05) is 79.7 Å². The number of para-hydroxylation sites is 1. The molecule has 0 saturated carbocycles. The van der Waals surface area contributed by atoms with Gasteiger partial charge in [0.25, 0.3) is 5.91 Å². The standard InChI is InChI=1S/C26H28N2O3/c1-19(2)24-14-13-23(15-20(24)3)30-18-26(29)28-27-16-22-11-7-8-12-25(22)31-17-21-9-5-4-6-10-21/h4-16,19H,17-18H2,1-3H3,(H,28,29)/b27-16+. The lowest BCUT2D eigenvalue weighted by Gasteiger charge is -2.12. The van der Waals surface area contributed by atoms with E-state index in [-0.39, 0.29) is 12.5 Å². The van der Waals surface area contributed by atoms with E-state index in [2.05, 4.69) is 24.4 Å². The summed E-state index contributed by atoms with van der Waals surface area (Å²) < 4.78 is 11.5. The van der Waals surface area contributed by atoms with Crippen molar-refractivity contribution in [1.29, 1.82) is 0 Å². The lowest BCUT2D eigenvalue weighted by Crippen LogP contribution is -2.24. The molecule has 0 heterocycles. The van der Waals surface area contributed by atoms with Gasteiger partial charge >= 0.3 is 0 Å². The summed E-state index contributed by atoms with van der Waals surface area (Å²) in [5, 5.41) is 4.04. The number of carbonyl (C=O) groups excluding carboxylic acids is 1. The summed E-state index contributed by atoms with van der Waals surface area (Å²) in [4.78, 5) is 12.1. The summed E-state index contributed by atoms with van der Waals surface area (Å²) in [6.45, 7) is 6.70. The van der Waals surface area contributed by atoms with Gasteiger partial charge in [-0.05, 0) is 53.8 Å². The molecule has 0 aliphatic heterocycles. The Balaban J connectivity index is 1.51. The number of aryl methyl sites for hydroxylation is 1. The Kier molecular flexibility index (Phi) is 7.82. The van der Waals surface area contributed by atoms with Crippen molar-refractivity contribution in [3.8, 4) is 11.5 Å². The zero-order chi connectivity index (χ0) is 22.1. The maximum atomic E-state index is 12.1. The average Bonchev–Trinajstić information content (AvgIpc) is 2.77. The molecule has 1 amide bonds. The molecule has 3 aromatic rings. The van der Waals surface area contributed by atoms with Crippen molar-refractivity contribution in [3.63, 3.8) is 0 Å². The first-order valence-electron chi connectivity index (χ1n) is 10.3. The molecule has 0 aliphatic carbocycles. The number of nitrogens with one attached hydrogen (secondary N) is 1. The first-order chi connectivity index (χ1) is 15.0. The lowest BCUT2D eigenvalue weighted by molar-refractivity contribution is -0.123. The normalized spacial score (nSPS) is 11.0. The van der Waals surface area contributed by atoms with Gasteiger partial charge in [-0.2, -0.15) is 5.10 Å². The fraction of sp³-hybridized carbons (Fsp3) is 0.231. The largest absolute Gasteiger partial charge is 0.488 e. The number of benzene rings is 3. The van der Waals surface area contributed by atoms with E-state index in [0.29, 0.717) is 24.0 Å². The van der Waals surface area contributed by atoms with Crippen LogP contribution >= 0.6 is 0 Å². The molecule has 0 aromatic heterocycles. The first kappa shape index (κ1) is 22.1. The zero-order valence-electron chi connectivity index (χ0n) is 18.2. The van der Waals surface area contributed by atoms with Gasteiger partial charge in [0, 0.05) is 5.56 Å². The monoisotopic (exact) mass is 416 g/mol. The average molecular weight is 417 g/mol. The van der Waals surface area contributed by atoms with Crippen LogP contribution in [0.2, 0.25) is 0 Å². The summed E-state index contributed by atoms with van der Waals surface area (Å²) in [5.41, 5.74) is 6.78. The number of ether oxygens (including phenoxy) is 2. The Labute approximate surface area is 183 Å². The summed E-state index contributed by atoms with van der Waals surface area (Å²) in [7, 11) is 0. The lowest BCUT2D eigenvalue weighted by atomic mass is 9.98. The molecular formula is C26H28N2O3. The molecule has 0 aliphatic rings. The molecule has 5 nitrogen and oxygen atoms in total. The smallest absolute Gasteiger partial charge is 0.277 e. The van der Waals surface area contributed by atoms with E-state index >= 15 is 0 Å². The molecule has 0 unspecified atom stereocenters. The molecule has 0 atom stereocenters. The minimum atomic E-state index is -0.329. The molecule has 5 heteroatoms. The molecular weight excluding hydrogens is 388 g/mol. The molecule has 1 N–H and O–H groups in total. The number of carbonyl (C=O) groups is 1. The van der Waals surface area contributed by atoms with Gasteiger partial charge < -0.3 is 9.47 Å². The number of nitrogens with zero attached hydrogens (tertiary/aromatic N) is 1. The van der Waals surface area contributed by atoms with Crippen molar-refractivity contribution in [3.05, 3.63) is 95.1 Å². The second kappa shape index (κ2) is 11.0. The van der Waals surface area contributed by atoms with Crippen LogP contribution in [0.5, 0.6) is 11.5 Å². The second-order valence-electron chi connectivity index (χ2n) is 7.57. The van der Waals surface area contributed by atoms with Crippen LogP contribution in [-0.4, -0.2) is 18.7 Å². The Bertz CT molecular complexity index is 1030. The zero-order valence-corrected chi connectivity index (χ0v) is 18.2. The number of rotatable bonds is 9. The maximum absolute atomic E-state index is 12.1. The molecule has 0 saturated heterocycles. The minimum Gasteiger partial charge on any atom is -0.488 e. The Morgan fingerprint density at radius 1 is 1.00 bits per heavy atom. The SMILES string of the molecule is Cc1cc(OCC(=O)N/N=C/c2ccccc2OCc2ccccc2)ccc1C(C)C. The number of hydrogen-bond acceptors (Lipinski definition) is 4. The highest BCUT2D eigenvalue weighted by atomic mass is 16.5. The van der Waals surface area contributed by atoms with Gasteiger partial charge in [-0.1, -0.05) is 62.4 Å². The third kappa shape index (κ3) is 6.71. The Morgan fingerprint density at radius 2 is 1.74 bits per heavy atom. The molecule has 0 bridgehead atoms. The quantitative estimate of drug-likeness (QED) is 0.384. The highest BCUT2D eigenvalue weighted by molar-refractivity contribution is 5.85. The number of hydrogen-bond donors (Lipinski definition) is 1. The first-order valence-corrected chi connectivity index (χ1v) is 10.3. The predicted octanol–water partition coefficient (Wildman–Crippen LogP) is 5.23. The van der Waals surface area contributed by atoms with Crippen molar-refractivity contribution >= 4 is 12.1 Å². The number of amides is 1. The van der Waals surface area contributed by atoms with E-state index in [9.17, 15) is 4.79 Å². The molecule has 3 aromatic carbocycles. The van der Waals surface area contributed by atoms with E-state index < -0.39 is 0 Å². The van der Waals surface area contributed by atoms with E-state index in [0.717, 1.165) is 16.7 Å². The van der Waals surface area contributed by atoms with Crippen molar-refractivity contribution in [2.45, 2.75) is 33.3 Å². The van der Waals surface area contributed by atoms with Crippen LogP contribution in [0.4, 0.5) is 0 Å². The van der Waals surface area contributed by atoms with E-state index in [4.69, 9.17) is 9.47 Å². The van der Waals surface area contributed by atoms with Crippen LogP contribution in [0.25, 0.3) is 0 Å². The van der Waals surface area contributed by atoms with Gasteiger partial charge in [0.05, 0.1) is 6.21 Å². The minimum absolute atomic E-state index is 0.107. The molecule has 160 valence electrons. The van der Waals surface area contributed by atoms with Gasteiger partial charge in [0.1, 0.15) is 18.1 Å². The topological polar surface area (TPSA) is 59.9 Å². The molecule has 0 fully saturated rings. The van der Waals surface area contributed by atoms with Gasteiger partial charge in [0.15, 0.2) is 6.61 Å². The fourth-order valence-corrected chi connectivity index (χ4v) is 3.19. The van der Waals surface area contributed by atoms with Gasteiger partial charge in [-0.15, -0.1) is 0 Å². The van der Waals surface area contributed by atoms with Gasteiger partial charge in [0.2, 0.25) is 0 Å². The molecule has 3 rings (SSSR count).